The van der Waals surface area contributed by atoms with Crippen LogP contribution in [0.3, 0.4) is 0 Å². The van der Waals surface area contributed by atoms with Gasteiger partial charge in [-0.05, 0) is 31.4 Å². The highest BCUT2D eigenvalue weighted by Crippen LogP contribution is 2.31. The van der Waals surface area contributed by atoms with E-state index in [9.17, 15) is 9.59 Å². The van der Waals surface area contributed by atoms with Crippen LogP contribution in [0.15, 0.2) is 30.3 Å². The second-order valence-electron chi connectivity index (χ2n) is 8.96. The van der Waals surface area contributed by atoms with Crippen LogP contribution in [0.1, 0.15) is 59.1 Å². The quantitative estimate of drug-likeness (QED) is 0.654. The highest BCUT2D eigenvalue weighted by atomic mass is 35.5. The normalized spacial score (nSPS) is 13.9. The van der Waals surface area contributed by atoms with Crippen molar-refractivity contribution in [2.24, 2.45) is 5.92 Å². The summed E-state index contributed by atoms with van der Waals surface area (Å²) in [5.74, 6) is 0.505. The number of aromatic nitrogens is 2. The van der Waals surface area contributed by atoms with Crippen molar-refractivity contribution in [3.63, 3.8) is 0 Å². The molecule has 6 nitrogen and oxygen atoms in total. The van der Waals surface area contributed by atoms with Crippen molar-refractivity contribution in [3.8, 4) is 5.69 Å². The van der Waals surface area contributed by atoms with E-state index >= 15 is 0 Å². The van der Waals surface area contributed by atoms with Gasteiger partial charge in [0.25, 0.3) is 0 Å². The van der Waals surface area contributed by atoms with E-state index in [2.05, 4.69) is 33.0 Å². The number of unbranched alkanes of at least 4 members (excludes halogenated alkanes) is 1. The maximum atomic E-state index is 12.9. The Kier molecular flexibility index (Phi) is 6.86. The molecular weight excluding hydrogens is 400 g/mol. The first kappa shape index (κ1) is 22.3. The number of rotatable bonds is 8. The molecule has 0 unspecified atom stereocenters. The number of halogens is 1. The SMILES string of the molecule is CCCCN(CC(=O)Nc1cc(C(C)(C)C)nn1-c1ccccc1Cl)C(=O)C1CC1. The first-order chi connectivity index (χ1) is 14.2. The average Bonchev–Trinajstić information content (AvgIpc) is 3.45. The van der Waals surface area contributed by atoms with Gasteiger partial charge in [0.05, 0.1) is 22.9 Å². The predicted molar refractivity (Wildman–Crippen MR) is 120 cm³/mol. The van der Waals surface area contributed by atoms with Crippen LogP contribution in [0.2, 0.25) is 5.02 Å². The number of nitrogens with one attached hydrogen (secondary N) is 1. The van der Waals surface area contributed by atoms with Gasteiger partial charge in [0.1, 0.15) is 5.82 Å². The fraction of sp³-hybridized carbons (Fsp3) is 0.522. The van der Waals surface area contributed by atoms with E-state index < -0.39 is 0 Å². The Morgan fingerprint density at radius 1 is 1.27 bits per heavy atom. The molecule has 1 aliphatic carbocycles. The lowest BCUT2D eigenvalue weighted by molar-refractivity contribution is -0.135. The lowest BCUT2D eigenvalue weighted by Gasteiger charge is -2.22. The standard InChI is InChI=1S/C23H31ClN4O2/c1-5-6-13-27(22(30)16-11-12-16)15-21(29)25-20-14-19(23(2,3)4)26-28(20)18-10-8-7-9-17(18)24/h7-10,14,16H,5-6,11-13,15H2,1-4H3,(H,25,29). The number of anilines is 1. The van der Waals surface area contributed by atoms with Crippen LogP contribution in [0.4, 0.5) is 5.82 Å². The second-order valence-corrected chi connectivity index (χ2v) is 9.37. The minimum atomic E-state index is -0.228. The molecule has 3 rings (SSSR count). The zero-order valence-corrected chi connectivity index (χ0v) is 19.0. The van der Waals surface area contributed by atoms with Crippen LogP contribution in [0.5, 0.6) is 0 Å². The zero-order chi connectivity index (χ0) is 21.9. The minimum Gasteiger partial charge on any atom is -0.333 e. The molecule has 1 heterocycles. The van der Waals surface area contributed by atoms with Gasteiger partial charge in [0.2, 0.25) is 11.8 Å². The zero-order valence-electron chi connectivity index (χ0n) is 18.2. The molecule has 1 aromatic heterocycles. The Balaban J connectivity index is 1.83. The third kappa shape index (κ3) is 5.42. The van der Waals surface area contributed by atoms with Gasteiger partial charge in [-0.15, -0.1) is 0 Å². The molecule has 0 bridgehead atoms. The van der Waals surface area contributed by atoms with Gasteiger partial charge < -0.3 is 10.2 Å². The van der Waals surface area contributed by atoms with Gasteiger partial charge in [0.15, 0.2) is 0 Å². The average molecular weight is 431 g/mol. The van der Waals surface area contributed by atoms with E-state index in [1.807, 2.05) is 24.3 Å². The molecule has 0 atom stereocenters. The third-order valence-electron chi connectivity index (χ3n) is 5.18. The molecule has 1 N–H and O–H groups in total. The summed E-state index contributed by atoms with van der Waals surface area (Å²) in [7, 11) is 0. The van der Waals surface area contributed by atoms with E-state index in [1.54, 1.807) is 15.6 Å². The first-order valence-electron chi connectivity index (χ1n) is 10.6. The molecule has 1 fully saturated rings. The van der Waals surface area contributed by atoms with Crippen LogP contribution < -0.4 is 5.32 Å². The lowest BCUT2D eigenvalue weighted by atomic mass is 9.92. The Morgan fingerprint density at radius 3 is 2.57 bits per heavy atom. The predicted octanol–water partition coefficient (Wildman–Crippen LogP) is 4.80. The van der Waals surface area contributed by atoms with E-state index in [4.69, 9.17) is 16.7 Å². The molecule has 0 spiro atoms. The Hall–Kier alpha value is -2.34. The Labute approximate surface area is 183 Å². The van der Waals surface area contributed by atoms with Gasteiger partial charge in [0, 0.05) is 23.9 Å². The van der Waals surface area contributed by atoms with Crippen molar-refractivity contribution >= 4 is 29.2 Å². The molecule has 0 saturated heterocycles. The van der Waals surface area contributed by atoms with Crippen molar-refractivity contribution < 1.29 is 9.59 Å². The molecule has 1 aliphatic rings. The number of hydrogen-bond acceptors (Lipinski definition) is 3. The molecule has 1 aromatic carbocycles. The van der Waals surface area contributed by atoms with Crippen molar-refractivity contribution in [1.29, 1.82) is 0 Å². The maximum Gasteiger partial charge on any atom is 0.245 e. The van der Waals surface area contributed by atoms with Crippen molar-refractivity contribution in [1.82, 2.24) is 14.7 Å². The number of nitrogens with zero attached hydrogens (tertiary/aromatic N) is 3. The molecule has 1 saturated carbocycles. The maximum absolute atomic E-state index is 12.9. The second kappa shape index (κ2) is 9.21. The number of amides is 2. The summed E-state index contributed by atoms with van der Waals surface area (Å²) in [5, 5.41) is 8.21. The van der Waals surface area contributed by atoms with Gasteiger partial charge in [-0.1, -0.05) is 57.8 Å². The summed E-state index contributed by atoms with van der Waals surface area (Å²) >= 11 is 6.39. The van der Waals surface area contributed by atoms with E-state index in [-0.39, 0.29) is 29.7 Å². The van der Waals surface area contributed by atoms with Crippen LogP contribution in [0, 0.1) is 5.92 Å². The number of carbonyl (C=O) groups is 2. The van der Waals surface area contributed by atoms with Gasteiger partial charge in [-0.3, -0.25) is 9.59 Å². The molecule has 0 aliphatic heterocycles. The van der Waals surface area contributed by atoms with Crippen molar-refractivity contribution in [2.75, 3.05) is 18.4 Å². The summed E-state index contributed by atoms with van der Waals surface area (Å²) < 4.78 is 1.67. The fourth-order valence-corrected chi connectivity index (χ4v) is 3.42. The smallest absolute Gasteiger partial charge is 0.245 e. The summed E-state index contributed by atoms with van der Waals surface area (Å²) in [6.07, 6.45) is 3.72. The number of benzene rings is 1. The van der Waals surface area contributed by atoms with E-state index in [1.165, 1.54) is 0 Å². The molecule has 7 heteroatoms. The third-order valence-corrected chi connectivity index (χ3v) is 5.50. The topological polar surface area (TPSA) is 67.2 Å². The van der Waals surface area contributed by atoms with E-state index in [0.29, 0.717) is 23.1 Å². The van der Waals surface area contributed by atoms with E-state index in [0.717, 1.165) is 31.4 Å². The van der Waals surface area contributed by atoms with Crippen LogP contribution in [-0.2, 0) is 15.0 Å². The van der Waals surface area contributed by atoms with Crippen LogP contribution in [-0.4, -0.2) is 39.6 Å². The molecular formula is C23H31ClN4O2. The molecule has 30 heavy (non-hydrogen) atoms. The molecule has 2 amide bonds. The fourth-order valence-electron chi connectivity index (χ4n) is 3.20. The monoisotopic (exact) mass is 430 g/mol. The number of carbonyl (C=O) groups excluding carboxylic acids is 2. The highest BCUT2D eigenvalue weighted by Gasteiger charge is 2.34. The summed E-state index contributed by atoms with van der Waals surface area (Å²) in [6.45, 7) is 8.94. The number of hydrogen-bond donors (Lipinski definition) is 1. The summed E-state index contributed by atoms with van der Waals surface area (Å²) in [5.41, 5.74) is 1.35. The molecule has 162 valence electrons. The molecule has 0 radical (unpaired) electrons. The largest absolute Gasteiger partial charge is 0.333 e. The highest BCUT2D eigenvalue weighted by molar-refractivity contribution is 6.32. The summed E-state index contributed by atoms with van der Waals surface area (Å²) in [4.78, 5) is 27.2. The summed E-state index contributed by atoms with van der Waals surface area (Å²) in [6, 6.07) is 9.27. The van der Waals surface area contributed by atoms with Crippen LogP contribution in [0.25, 0.3) is 5.69 Å². The first-order valence-corrected chi connectivity index (χ1v) is 11.0. The van der Waals surface area contributed by atoms with Gasteiger partial charge in [-0.25, -0.2) is 4.68 Å². The minimum absolute atomic E-state index is 0.0495. The van der Waals surface area contributed by atoms with Crippen molar-refractivity contribution in [3.05, 3.63) is 41.0 Å². The van der Waals surface area contributed by atoms with Gasteiger partial charge in [-0.2, -0.15) is 5.10 Å². The number of para-hydroxylation sites is 1. The van der Waals surface area contributed by atoms with Crippen molar-refractivity contribution in [2.45, 2.75) is 58.8 Å². The molecule has 2 aromatic rings. The van der Waals surface area contributed by atoms with Gasteiger partial charge >= 0.3 is 0 Å². The Bertz CT molecular complexity index is 912. The van der Waals surface area contributed by atoms with Crippen LogP contribution >= 0.6 is 11.6 Å². The lowest BCUT2D eigenvalue weighted by Crippen LogP contribution is -2.39. The Morgan fingerprint density at radius 2 is 1.97 bits per heavy atom.